The number of carbonyl (C=O) groups excluding carboxylic acids is 1. The van der Waals surface area contributed by atoms with Crippen molar-refractivity contribution in [1.29, 1.82) is 0 Å². The number of hydrogen-bond donors (Lipinski definition) is 1. The van der Waals surface area contributed by atoms with Crippen molar-refractivity contribution in [3.05, 3.63) is 27.4 Å². The molecule has 0 aliphatic carbocycles. The number of thiophene rings is 1. The number of sulfone groups is 1. The van der Waals surface area contributed by atoms with Gasteiger partial charge in [-0.05, 0) is 31.7 Å². The third kappa shape index (κ3) is 3.09. The minimum Gasteiger partial charge on any atom is -0.345 e. The molecule has 1 fully saturated rings. The summed E-state index contributed by atoms with van der Waals surface area (Å²) in [7, 11) is -3.05. The standard InChI is InChI=1S/C14H16N2O3S3/c1-9-11(21-13(15-9)10-3-5-20-7-10)12(17)16-14(2)4-6-22(18,19)8-14/h3,5,7H,4,6,8H2,1-2H3,(H,16,17)/t14-/m1/s1. The first kappa shape index (κ1) is 15.6. The zero-order valence-electron chi connectivity index (χ0n) is 12.3. The van der Waals surface area contributed by atoms with Crippen molar-refractivity contribution in [2.24, 2.45) is 0 Å². The van der Waals surface area contributed by atoms with Crippen LogP contribution in [0.15, 0.2) is 16.8 Å². The van der Waals surface area contributed by atoms with E-state index in [0.29, 0.717) is 17.0 Å². The van der Waals surface area contributed by atoms with Crippen molar-refractivity contribution < 1.29 is 13.2 Å². The first-order chi connectivity index (χ1) is 10.3. The molecule has 1 N–H and O–H groups in total. The average molecular weight is 356 g/mol. The van der Waals surface area contributed by atoms with Crippen LogP contribution in [0.25, 0.3) is 10.6 Å². The second kappa shape index (κ2) is 5.43. The molecule has 2 aromatic heterocycles. The van der Waals surface area contributed by atoms with Gasteiger partial charge < -0.3 is 5.32 Å². The van der Waals surface area contributed by atoms with E-state index < -0.39 is 15.4 Å². The lowest BCUT2D eigenvalue weighted by atomic mass is 10.0. The number of thiazole rings is 1. The van der Waals surface area contributed by atoms with E-state index in [0.717, 1.165) is 10.6 Å². The number of amides is 1. The van der Waals surface area contributed by atoms with Crippen LogP contribution in [-0.4, -0.2) is 36.4 Å². The Morgan fingerprint density at radius 2 is 2.23 bits per heavy atom. The monoisotopic (exact) mass is 356 g/mol. The zero-order chi connectivity index (χ0) is 16.0. The maximum absolute atomic E-state index is 12.5. The lowest BCUT2D eigenvalue weighted by molar-refractivity contribution is 0.0919. The Hall–Kier alpha value is -1.25. The lowest BCUT2D eigenvalue weighted by Gasteiger charge is -2.23. The summed E-state index contributed by atoms with van der Waals surface area (Å²) in [5, 5.41) is 7.65. The van der Waals surface area contributed by atoms with Crippen LogP contribution in [0.2, 0.25) is 0 Å². The molecule has 1 aliphatic rings. The highest BCUT2D eigenvalue weighted by Crippen LogP contribution is 2.30. The molecule has 1 saturated heterocycles. The molecule has 1 atom stereocenters. The summed E-state index contributed by atoms with van der Waals surface area (Å²) in [4.78, 5) is 17.5. The smallest absolute Gasteiger partial charge is 0.263 e. The molecule has 0 radical (unpaired) electrons. The second-order valence-electron chi connectivity index (χ2n) is 5.80. The SMILES string of the molecule is Cc1nc(-c2ccsc2)sc1C(=O)N[C@]1(C)CCS(=O)(=O)C1. The maximum atomic E-state index is 12.5. The summed E-state index contributed by atoms with van der Waals surface area (Å²) in [6.07, 6.45) is 0.455. The first-order valence-corrected chi connectivity index (χ1v) is 10.4. The van der Waals surface area contributed by atoms with Crippen LogP contribution < -0.4 is 5.32 Å². The van der Waals surface area contributed by atoms with Gasteiger partial charge in [-0.3, -0.25) is 4.79 Å². The molecule has 3 heterocycles. The van der Waals surface area contributed by atoms with Gasteiger partial charge in [0, 0.05) is 10.9 Å². The Kier molecular flexibility index (Phi) is 3.86. The van der Waals surface area contributed by atoms with Crippen molar-refractivity contribution in [2.75, 3.05) is 11.5 Å². The summed E-state index contributed by atoms with van der Waals surface area (Å²) in [5.74, 6) is -0.108. The Labute approximate surface area is 137 Å². The van der Waals surface area contributed by atoms with Crippen LogP contribution in [-0.2, 0) is 9.84 Å². The Balaban J connectivity index is 1.81. The molecular weight excluding hydrogens is 340 g/mol. The van der Waals surface area contributed by atoms with Gasteiger partial charge in [-0.2, -0.15) is 11.3 Å². The largest absolute Gasteiger partial charge is 0.345 e. The van der Waals surface area contributed by atoms with Gasteiger partial charge in [0.1, 0.15) is 9.88 Å². The van der Waals surface area contributed by atoms with E-state index >= 15 is 0 Å². The highest BCUT2D eigenvalue weighted by molar-refractivity contribution is 7.91. The molecule has 0 spiro atoms. The highest BCUT2D eigenvalue weighted by atomic mass is 32.2. The van der Waals surface area contributed by atoms with Gasteiger partial charge in [0.25, 0.3) is 5.91 Å². The number of nitrogens with one attached hydrogen (secondary N) is 1. The molecule has 2 aromatic rings. The molecule has 8 heteroatoms. The number of carbonyl (C=O) groups is 1. The molecular formula is C14H16N2O3S3. The number of aromatic nitrogens is 1. The molecule has 0 bridgehead atoms. The van der Waals surface area contributed by atoms with Crippen molar-refractivity contribution >= 4 is 38.4 Å². The zero-order valence-corrected chi connectivity index (χ0v) is 14.7. The van der Waals surface area contributed by atoms with Gasteiger partial charge in [-0.15, -0.1) is 11.3 Å². The minimum absolute atomic E-state index is 0.000971. The molecule has 3 rings (SSSR count). The Morgan fingerprint density at radius 1 is 1.45 bits per heavy atom. The van der Waals surface area contributed by atoms with E-state index in [-0.39, 0.29) is 17.4 Å². The summed E-state index contributed by atoms with van der Waals surface area (Å²) in [5.41, 5.74) is 0.995. The summed E-state index contributed by atoms with van der Waals surface area (Å²) >= 11 is 2.92. The normalized spacial score (nSPS) is 23.5. The molecule has 5 nitrogen and oxygen atoms in total. The van der Waals surface area contributed by atoms with Gasteiger partial charge in [-0.1, -0.05) is 0 Å². The van der Waals surface area contributed by atoms with Crippen LogP contribution in [0.5, 0.6) is 0 Å². The molecule has 0 aromatic carbocycles. The second-order valence-corrected chi connectivity index (χ2v) is 9.77. The quantitative estimate of drug-likeness (QED) is 0.917. The third-order valence-corrected chi connectivity index (χ3v) is 7.48. The summed E-state index contributed by atoms with van der Waals surface area (Å²) < 4.78 is 23.3. The van der Waals surface area contributed by atoms with Crippen molar-refractivity contribution in [2.45, 2.75) is 25.8 Å². The Morgan fingerprint density at radius 3 is 2.82 bits per heavy atom. The van der Waals surface area contributed by atoms with E-state index in [1.807, 2.05) is 16.8 Å². The lowest BCUT2D eigenvalue weighted by Crippen LogP contribution is -2.46. The summed E-state index contributed by atoms with van der Waals surface area (Å²) in [6, 6.07) is 1.97. The fourth-order valence-electron chi connectivity index (χ4n) is 2.56. The number of rotatable bonds is 3. The van der Waals surface area contributed by atoms with E-state index in [9.17, 15) is 13.2 Å². The molecule has 0 unspecified atom stereocenters. The first-order valence-electron chi connectivity index (χ1n) is 6.81. The van der Waals surface area contributed by atoms with Gasteiger partial charge >= 0.3 is 0 Å². The summed E-state index contributed by atoms with van der Waals surface area (Å²) in [6.45, 7) is 3.58. The number of hydrogen-bond acceptors (Lipinski definition) is 6. The molecule has 1 aliphatic heterocycles. The maximum Gasteiger partial charge on any atom is 0.263 e. The highest BCUT2D eigenvalue weighted by Gasteiger charge is 2.40. The van der Waals surface area contributed by atoms with Crippen LogP contribution in [0.1, 0.15) is 28.7 Å². The van der Waals surface area contributed by atoms with Gasteiger partial charge in [0.05, 0.1) is 22.7 Å². The van der Waals surface area contributed by atoms with Gasteiger partial charge in [0.2, 0.25) is 0 Å². The van der Waals surface area contributed by atoms with E-state index in [1.165, 1.54) is 11.3 Å². The molecule has 0 saturated carbocycles. The van der Waals surface area contributed by atoms with Crippen molar-refractivity contribution in [3.63, 3.8) is 0 Å². The van der Waals surface area contributed by atoms with Crippen molar-refractivity contribution in [1.82, 2.24) is 10.3 Å². The van der Waals surface area contributed by atoms with Crippen LogP contribution in [0.4, 0.5) is 0 Å². The molecule has 22 heavy (non-hydrogen) atoms. The Bertz CT molecular complexity index is 809. The molecule has 118 valence electrons. The average Bonchev–Trinajstić information content (AvgIpc) is 3.09. The predicted octanol–water partition coefficient (Wildman–Crippen LogP) is 2.49. The number of aryl methyl sites for hydroxylation is 1. The van der Waals surface area contributed by atoms with Crippen LogP contribution in [0, 0.1) is 6.92 Å². The van der Waals surface area contributed by atoms with Crippen LogP contribution >= 0.6 is 22.7 Å². The van der Waals surface area contributed by atoms with Gasteiger partial charge in [0.15, 0.2) is 9.84 Å². The number of nitrogens with zero attached hydrogens (tertiary/aromatic N) is 1. The third-order valence-electron chi connectivity index (χ3n) is 3.69. The van der Waals surface area contributed by atoms with Gasteiger partial charge in [-0.25, -0.2) is 13.4 Å². The topological polar surface area (TPSA) is 76.1 Å². The minimum atomic E-state index is -3.05. The van der Waals surface area contributed by atoms with Crippen LogP contribution in [0.3, 0.4) is 0 Å². The molecule has 1 amide bonds. The van der Waals surface area contributed by atoms with E-state index in [1.54, 1.807) is 25.2 Å². The van der Waals surface area contributed by atoms with E-state index in [4.69, 9.17) is 0 Å². The fourth-order valence-corrected chi connectivity index (χ4v) is 6.32. The fraction of sp³-hybridized carbons (Fsp3) is 0.429. The van der Waals surface area contributed by atoms with Crippen molar-refractivity contribution in [3.8, 4) is 10.6 Å². The van der Waals surface area contributed by atoms with E-state index in [2.05, 4.69) is 10.3 Å². The predicted molar refractivity (Wildman–Crippen MR) is 89.3 cm³/mol.